The molecule has 0 unspecified atom stereocenters. The molecule has 0 spiro atoms. The van der Waals surface area contributed by atoms with Crippen molar-refractivity contribution in [2.24, 2.45) is 0 Å². The molecule has 0 aliphatic heterocycles. The minimum Gasteiger partial charge on any atom is -0.306 e. The smallest absolute Gasteiger partial charge is 0.266 e. The van der Waals surface area contributed by atoms with E-state index in [9.17, 15) is 14.0 Å². The number of carbonyl (C=O) groups excluding carboxylic acids is 1. The quantitative estimate of drug-likeness (QED) is 0.451. The molecule has 4 aromatic heterocycles. The lowest BCUT2D eigenvalue weighted by molar-refractivity contribution is 0.103. The van der Waals surface area contributed by atoms with Crippen LogP contribution in [0.1, 0.15) is 15.4 Å². The third kappa shape index (κ3) is 3.30. The first-order chi connectivity index (χ1) is 15.0. The van der Waals surface area contributed by atoms with Gasteiger partial charge >= 0.3 is 0 Å². The van der Waals surface area contributed by atoms with Gasteiger partial charge in [0.05, 0.1) is 16.8 Å². The van der Waals surface area contributed by atoms with Crippen molar-refractivity contribution in [3.8, 4) is 11.6 Å². The maximum Gasteiger partial charge on any atom is 0.266 e. The first-order valence-corrected chi connectivity index (χ1v) is 10.0. The molecule has 0 aliphatic carbocycles. The van der Waals surface area contributed by atoms with Gasteiger partial charge in [0.15, 0.2) is 5.65 Å². The van der Waals surface area contributed by atoms with Gasteiger partial charge in [-0.25, -0.2) is 9.07 Å². The van der Waals surface area contributed by atoms with Crippen LogP contribution in [0, 0.1) is 12.7 Å². The molecule has 31 heavy (non-hydrogen) atoms. The highest BCUT2D eigenvalue weighted by atomic mass is 32.1. The van der Waals surface area contributed by atoms with Gasteiger partial charge in [0.2, 0.25) is 5.95 Å². The molecule has 0 saturated carbocycles. The summed E-state index contributed by atoms with van der Waals surface area (Å²) in [6.07, 6.45) is 1.32. The van der Waals surface area contributed by atoms with E-state index in [-0.39, 0.29) is 28.6 Å². The molecule has 11 heteroatoms. The van der Waals surface area contributed by atoms with Crippen molar-refractivity contribution >= 4 is 34.1 Å². The number of benzene rings is 1. The zero-order chi connectivity index (χ0) is 21.5. The molecule has 9 nitrogen and oxygen atoms in total. The van der Waals surface area contributed by atoms with Crippen LogP contribution in [0.2, 0.25) is 0 Å². The number of aromatic amines is 1. The number of thiophene rings is 1. The van der Waals surface area contributed by atoms with Gasteiger partial charge in [0, 0.05) is 6.07 Å². The van der Waals surface area contributed by atoms with Crippen LogP contribution in [0.15, 0.2) is 58.8 Å². The van der Waals surface area contributed by atoms with Crippen LogP contribution < -0.4 is 10.9 Å². The van der Waals surface area contributed by atoms with Crippen molar-refractivity contribution in [3.05, 3.63) is 80.8 Å². The Morgan fingerprint density at radius 2 is 2.03 bits per heavy atom. The van der Waals surface area contributed by atoms with Gasteiger partial charge in [-0.15, -0.1) is 11.3 Å². The number of aromatic nitrogens is 6. The number of amides is 1. The SMILES string of the molecule is Cc1cc(NC(=O)c2cccs2)n(-c2nc3c(cnn3-c3ccccc3F)c(=O)[nH]2)n1. The van der Waals surface area contributed by atoms with E-state index in [1.165, 1.54) is 39.0 Å². The number of halogens is 1. The van der Waals surface area contributed by atoms with Gasteiger partial charge in [-0.3, -0.25) is 14.6 Å². The van der Waals surface area contributed by atoms with Crippen molar-refractivity contribution in [2.75, 3.05) is 5.32 Å². The van der Waals surface area contributed by atoms with Gasteiger partial charge in [-0.05, 0) is 30.5 Å². The molecule has 154 valence electrons. The lowest BCUT2D eigenvalue weighted by Crippen LogP contribution is -2.18. The second-order valence-corrected chi connectivity index (χ2v) is 7.60. The Bertz CT molecular complexity index is 1480. The topological polar surface area (TPSA) is 110 Å². The number of para-hydroxylation sites is 1. The third-order valence-corrected chi connectivity index (χ3v) is 5.39. The molecular formula is C20H14FN7O2S. The summed E-state index contributed by atoms with van der Waals surface area (Å²) in [6.45, 7) is 1.75. The van der Waals surface area contributed by atoms with Crippen molar-refractivity contribution in [2.45, 2.75) is 6.92 Å². The molecule has 1 aromatic carbocycles. The lowest BCUT2D eigenvalue weighted by atomic mass is 10.3. The highest BCUT2D eigenvalue weighted by molar-refractivity contribution is 7.12. The van der Waals surface area contributed by atoms with Crippen LogP contribution in [0.4, 0.5) is 10.2 Å². The Morgan fingerprint density at radius 1 is 1.19 bits per heavy atom. The van der Waals surface area contributed by atoms with E-state index in [1.807, 2.05) is 0 Å². The highest BCUT2D eigenvalue weighted by Gasteiger charge is 2.18. The lowest BCUT2D eigenvalue weighted by Gasteiger charge is -2.08. The summed E-state index contributed by atoms with van der Waals surface area (Å²) in [5, 5.41) is 13.2. The van der Waals surface area contributed by atoms with E-state index < -0.39 is 11.4 Å². The molecule has 4 heterocycles. The second-order valence-electron chi connectivity index (χ2n) is 6.65. The van der Waals surface area contributed by atoms with Crippen LogP contribution in [0.3, 0.4) is 0 Å². The number of aryl methyl sites for hydroxylation is 1. The number of hydrogen-bond donors (Lipinski definition) is 2. The minimum atomic E-state index is -0.505. The molecule has 0 saturated heterocycles. The van der Waals surface area contributed by atoms with Gasteiger partial charge in [-0.2, -0.15) is 19.9 Å². The van der Waals surface area contributed by atoms with E-state index in [4.69, 9.17) is 0 Å². The molecule has 0 atom stereocenters. The van der Waals surface area contributed by atoms with Gasteiger partial charge in [0.1, 0.15) is 22.7 Å². The first-order valence-electron chi connectivity index (χ1n) is 9.16. The third-order valence-electron chi connectivity index (χ3n) is 4.52. The number of nitrogens with zero attached hydrogens (tertiary/aromatic N) is 5. The monoisotopic (exact) mass is 435 g/mol. The normalized spacial score (nSPS) is 11.2. The molecule has 2 N–H and O–H groups in total. The number of nitrogens with one attached hydrogen (secondary N) is 2. The van der Waals surface area contributed by atoms with Gasteiger partial charge < -0.3 is 5.32 Å². The Morgan fingerprint density at radius 3 is 2.81 bits per heavy atom. The number of hydrogen-bond acceptors (Lipinski definition) is 6. The molecule has 5 rings (SSSR count). The fourth-order valence-electron chi connectivity index (χ4n) is 3.14. The molecule has 0 bridgehead atoms. The number of carbonyl (C=O) groups is 1. The Labute approximate surface area is 177 Å². The van der Waals surface area contributed by atoms with Crippen molar-refractivity contribution in [1.82, 2.24) is 29.5 Å². The average Bonchev–Trinajstić information content (AvgIpc) is 3.48. The van der Waals surface area contributed by atoms with E-state index in [1.54, 1.807) is 42.6 Å². The molecule has 0 fully saturated rings. The summed E-state index contributed by atoms with van der Waals surface area (Å²) in [7, 11) is 0. The maximum atomic E-state index is 14.3. The summed E-state index contributed by atoms with van der Waals surface area (Å²) in [5.41, 5.74) is 0.454. The zero-order valence-corrected chi connectivity index (χ0v) is 16.9. The predicted molar refractivity (Wildman–Crippen MR) is 114 cm³/mol. The molecule has 0 aliphatic rings. The highest BCUT2D eigenvalue weighted by Crippen LogP contribution is 2.20. The number of anilines is 1. The first kappa shape index (κ1) is 18.9. The van der Waals surface area contributed by atoms with E-state index in [0.717, 1.165) is 0 Å². The van der Waals surface area contributed by atoms with Crippen molar-refractivity contribution in [3.63, 3.8) is 0 Å². The van der Waals surface area contributed by atoms with E-state index >= 15 is 0 Å². The average molecular weight is 435 g/mol. The Kier molecular flexibility index (Phi) is 4.44. The molecular weight excluding hydrogens is 421 g/mol. The van der Waals surface area contributed by atoms with Crippen LogP contribution in [0.25, 0.3) is 22.7 Å². The predicted octanol–water partition coefficient (Wildman–Crippen LogP) is 3.06. The maximum absolute atomic E-state index is 14.3. The van der Waals surface area contributed by atoms with Crippen LogP contribution in [-0.2, 0) is 0 Å². The van der Waals surface area contributed by atoms with Crippen LogP contribution >= 0.6 is 11.3 Å². The second kappa shape index (κ2) is 7.29. The van der Waals surface area contributed by atoms with Crippen molar-refractivity contribution in [1.29, 1.82) is 0 Å². The molecule has 0 radical (unpaired) electrons. The molecule has 1 amide bonds. The summed E-state index contributed by atoms with van der Waals surface area (Å²) >= 11 is 1.30. The fraction of sp³-hybridized carbons (Fsp3) is 0.0500. The summed E-state index contributed by atoms with van der Waals surface area (Å²) in [5.74, 6) is -0.425. The van der Waals surface area contributed by atoms with E-state index in [2.05, 4.69) is 25.5 Å². The summed E-state index contributed by atoms with van der Waals surface area (Å²) in [6, 6.07) is 11.2. The minimum absolute atomic E-state index is 0.0603. The number of H-pyrrole nitrogens is 1. The Balaban J connectivity index is 1.63. The van der Waals surface area contributed by atoms with E-state index in [0.29, 0.717) is 16.4 Å². The van der Waals surface area contributed by atoms with Crippen LogP contribution in [0.5, 0.6) is 0 Å². The summed E-state index contributed by atoms with van der Waals surface area (Å²) in [4.78, 5) is 32.8. The fourth-order valence-corrected chi connectivity index (χ4v) is 3.76. The largest absolute Gasteiger partial charge is 0.306 e. The standard InChI is InChI=1S/C20H14FN7O2S/c1-11-9-16(23-19(30)15-7-4-8-31-15)28(26-11)20-24-17-12(18(29)25-20)10-22-27(17)14-6-3-2-5-13(14)21/h2-10H,1H3,(H,23,30)(H,24,25,29). The number of fused-ring (bicyclic) bond motifs is 1. The van der Waals surface area contributed by atoms with Gasteiger partial charge in [0.25, 0.3) is 11.5 Å². The number of rotatable bonds is 4. The van der Waals surface area contributed by atoms with Crippen LogP contribution in [-0.4, -0.2) is 35.4 Å². The Hall–Kier alpha value is -4.12. The summed E-state index contributed by atoms with van der Waals surface area (Å²) < 4.78 is 16.9. The molecule has 5 aromatic rings. The van der Waals surface area contributed by atoms with Gasteiger partial charge in [-0.1, -0.05) is 18.2 Å². The van der Waals surface area contributed by atoms with Crippen molar-refractivity contribution < 1.29 is 9.18 Å². The zero-order valence-electron chi connectivity index (χ0n) is 16.0.